The average Bonchev–Trinajstić information content (AvgIpc) is 3.58. The van der Waals surface area contributed by atoms with Gasteiger partial charge in [0.1, 0.15) is 0 Å². The zero-order chi connectivity index (χ0) is 25.5. The summed E-state index contributed by atoms with van der Waals surface area (Å²) in [6.07, 6.45) is 3.19. The first-order chi connectivity index (χ1) is 18.0. The summed E-state index contributed by atoms with van der Waals surface area (Å²) in [5.74, 6) is 1.07. The Morgan fingerprint density at radius 3 is 2.65 bits per heavy atom. The normalized spacial score (nSPS) is 17.1. The molecule has 37 heavy (non-hydrogen) atoms. The Kier molecular flexibility index (Phi) is 5.64. The van der Waals surface area contributed by atoms with Gasteiger partial charge in [0.2, 0.25) is 5.82 Å². The molecule has 2 aliphatic rings. The third kappa shape index (κ3) is 4.00. The lowest BCUT2D eigenvalue weighted by Gasteiger charge is -2.35. The van der Waals surface area contributed by atoms with Crippen molar-refractivity contribution in [2.45, 2.75) is 32.2 Å². The number of ether oxygens (including phenoxy) is 1. The van der Waals surface area contributed by atoms with Crippen molar-refractivity contribution >= 4 is 17.3 Å². The van der Waals surface area contributed by atoms with Crippen molar-refractivity contribution in [1.82, 2.24) is 15.5 Å². The van der Waals surface area contributed by atoms with Crippen LogP contribution in [0.5, 0.6) is 11.5 Å². The van der Waals surface area contributed by atoms with E-state index < -0.39 is 6.04 Å². The van der Waals surface area contributed by atoms with Crippen molar-refractivity contribution in [2.75, 3.05) is 12.0 Å². The number of anilines is 1. The van der Waals surface area contributed by atoms with E-state index in [1.165, 1.54) is 18.2 Å². The molecule has 186 valence electrons. The smallest absolute Gasteiger partial charge is 0.326 e. The average molecular weight is 495 g/mol. The Labute approximate surface area is 214 Å². The van der Waals surface area contributed by atoms with E-state index in [1.807, 2.05) is 43.3 Å². The Morgan fingerprint density at radius 1 is 1.05 bits per heavy atom. The second-order valence-corrected chi connectivity index (χ2v) is 9.24. The summed E-state index contributed by atoms with van der Waals surface area (Å²) in [5, 5.41) is 17.8. The van der Waals surface area contributed by atoms with Crippen LogP contribution in [0.4, 0.5) is 10.5 Å². The summed E-state index contributed by atoms with van der Waals surface area (Å²) in [4.78, 5) is 19.9. The predicted molar refractivity (Wildman–Crippen MR) is 139 cm³/mol. The van der Waals surface area contributed by atoms with Gasteiger partial charge in [0.25, 0.3) is 5.89 Å². The van der Waals surface area contributed by atoms with Gasteiger partial charge >= 0.3 is 6.03 Å². The van der Waals surface area contributed by atoms with Crippen LogP contribution in [0.25, 0.3) is 17.0 Å². The van der Waals surface area contributed by atoms with E-state index in [0.717, 1.165) is 30.5 Å². The third-order valence-electron chi connectivity index (χ3n) is 7.05. The number of phenolic OH excluding ortho intramolecular Hbond substituents is 1. The van der Waals surface area contributed by atoms with Crippen LogP contribution in [-0.2, 0) is 12.8 Å². The summed E-state index contributed by atoms with van der Waals surface area (Å²) in [5.41, 5.74) is 6.19. The molecule has 1 unspecified atom stereocenters. The van der Waals surface area contributed by atoms with Gasteiger partial charge in [0.05, 0.1) is 24.4 Å². The van der Waals surface area contributed by atoms with Crippen molar-refractivity contribution < 1.29 is 19.2 Å². The van der Waals surface area contributed by atoms with Gasteiger partial charge in [0.15, 0.2) is 11.5 Å². The van der Waals surface area contributed by atoms with Gasteiger partial charge in [-0.25, -0.2) is 4.79 Å². The number of nitrogens with zero attached hydrogens (tertiary/aromatic N) is 3. The molecule has 1 aliphatic heterocycles. The number of hydrogen-bond acceptors (Lipinski definition) is 6. The fourth-order valence-electron chi connectivity index (χ4n) is 5.20. The number of aromatic nitrogens is 2. The maximum absolute atomic E-state index is 13.5. The van der Waals surface area contributed by atoms with E-state index in [2.05, 4.69) is 22.6 Å². The molecule has 0 fully saturated rings. The summed E-state index contributed by atoms with van der Waals surface area (Å²) in [7, 11) is 1.49. The van der Waals surface area contributed by atoms with Crippen LogP contribution < -0.4 is 15.0 Å². The Morgan fingerprint density at radius 2 is 1.86 bits per heavy atom. The lowest BCUT2D eigenvalue weighted by Crippen LogP contribution is -2.46. The quantitative estimate of drug-likeness (QED) is 0.372. The zero-order valence-corrected chi connectivity index (χ0v) is 20.6. The lowest BCUT2D eigenvalue weighted by molar-refractivity contribution is 0.244. The highest BCUT2D eigenvalue weighted by molar-refractivity contribution is 6.01. The number of carbonyl (C=O) groups excluding carboxylic acids is 1. The van der Waals surface area contributed by atoms with E-state index in [4.69, 9.17) is 14.2 Å². The molecule has 0 spiro atoms. The lowest BCUT2D eigenvalue weighted by atomic mass is 9.94. The Balaban J connectivity index is 1.49. The highest BCUT2D eigenvalue weighted by Gasteiger charge is 2.37. The van der Waals surface area contributed by atoms with Crippen LogP contribution in [0.1, 0.15) is 42.0 Å². The Hall–Kier alpha value is -4.59. The van der Waals surface area contributed by atoms with Crippen LogP contribution >= 0.6 is 0 Å². The maximum Gasteiger partial charge on any atom is 0.326 e. The number of nitrogens with one attached hydrogen (secondary N) is 1. The highest BCUT2D eigenvalue weighted by atomic mass is 16.5. The number of phenols is 1. The molecular formula is C29H26N4O4. The number of hydrogen-bond donors (Lipinski definition) is 2. The molecular weight excluding hydrogens is 468 g/mol. The SMILES string of the molecule is COc1ccc(C2NC(=O)N(c3ccc4c(c3)CCC4)C(C)=C2c2nc(-c3ccccc3)no2)cc1O. The number of carbonyl (C=O) groups is 1. The largest absolute Gasteiger partial charge is 0.504 e. The van der Waals surface area contributed by atoms with E-state index in [9.17, 15) is 9.90 Å². The fraction of sp³-hybridized carbons (Fsp3) is 0.207. The molecule has 8 nitrogen and oxygen atoms in total. The highest BCUT2D eigenvalue weighted by Crippen LogP contribution is 2.41. The first-order valence-electron chi connectivity index (χ1n) is 12.2. The molecule has 8 heteroatoms. The van der Waals surface area contributed by atoms with E-state index in [-0.39, 0.29) is 11.8 Å². The molecule has 2 amide bonds. The van der Waals surface area contributed by atoms with Gasteiger partial charge in [-0.15, -0.1) is 0 Å². The number of rotatable bonds is 5. The van der Waals surface area contributed by atoms with Gasteiger partial charge in [-0.05, 0) is 67.1 Å². The van der Waals surface area contributed by atoms with Crippen LogP contribution in [0.3, 0.4) is 0 Å². The predicted octanol–water partition coefficient (Wildman–Crippen LogP) is 5.64. The van der Waals surface area contributed by atoms with E-state index in [1.54, 1.807) is 23.1 Å². The van der Waals surface area contributed by atoms with E-state index >= 15 is 0 Å². The first-order valence-corrected chi connectivity index (χ1v) is 12.2. The third-order valence-corrected chi connectivity index (χ3v) is 7.05. The van der Waals surface area contributed by atoms with Gasteiger partial charge in [-0.2, -0.15) is 4.98 Å². The van der Waals surface area contributed by atoms with E-state index in [0.29, 0.717) is 34.3 Å². The maximum atomic E-state index is 13.5. The van der Waals surface area contributed by atoms with Gasteiger partial charge < -0.3 is 19.7 Å². The van der Waals surface area contributed by atoms with Gasteiger partial charge in [-0.1, -0.05) is 47.6 Å². The number of aryl methyl sites for hydroxylation is 2. The van der Waals surface area contributed by atoms with Crippen molar-refractivity contribution in [1.29, 1.82) is 0 Å². The number of fused-ring (bicyclic) bond motifs is 1. The molecule has 1 aromatic heterocycles. The van der Waals surface area contributed by atoms with Crippen LogP contribution in [0.15, 0.2) is 77.0 Å². The second kappa shape index (κ2) is 9.13. The number of amides is 2. The molecule has 2 N–H and O–H groups in total. The fourth-order valence-corrected chi connectivity index (χ4v) is 5.20. The van der Waals surface area contributed by atoms with Gasteiger partial charge in [-0.3, -0.25) is 4.90 Å². The summed E-state index contributed by atoms with van der Waals surface area (Å²) >= 11 is 0. The second-order valence-electron chi connectivity index (χ2n) is 9.24. The molecule has 1 aliphatic carbocycles. The standard InChI is InChI=1S/C29H26N4O4/c1-17-25(28-31-27(32-37-28)19-7-4-3-5-8-19)26(21-12-14-24(36-2)23(34)16-21)30-29(35)33(17)22-13-11-18-9-6-10-20(18)15-22/h3-5,7-8,11-16,26,34H,6,9-10H2,1-2H3,(H,30,35). The van der Waals surface area contributed by atoms with Crippen molar-refractivity contribution in [2.24, 2.45) is 0 Å². The van der Waals surface area contributed by atoms with Crippen LogP contribution in [0.2, 0.25) is 0 Å². The molecule has 0 radical (unpaired) electrons. The topological polar surface area (TPSA) is 101 Å². The number of urea groups is 1. The van der Waals surface area contributed by atoms with Crippen molar-refractivity contribution in [3.05, 3.63) is 95.0 Å². The number of aromatic hydroxyl groups is 1. The molecule has 1 atom stereocenters. The zero-order valence-electron chi connectivity index (χ0n) is 20.6. The first kappa shape index (κ1) is 22.8. The molecule has 0 saturated carbocycles. The van der Waals surface area contributed by atoms with Crippen molar-refractivity contribution in [3.8, 4) is 22.9 Å². The summed E-state index contributed by atoms with van der Waals surface area (Å²) < 4.78 is 11.0. The minimum atomic E-state index is -0.626. The van der Waals surface area contributed by atoms with Gasteiger partial charge in [0, 0.05) is 11.3 Å². The molecule has 2 heterocycles. The Bertz CT molecular complexity index is 1530. The molecule has 6 rings (SSSR count). The summed E-state index contributed by atoms with van der Waals surface area (Å²) in [6.45, 7) is 1.88. The minimum absolute atomic E-state index is 0.0252. The molecule has 0 bridgehead atoms. The molecule has 0 saturated heterocycles. The van der Waals surface area contributed by atoms with Crippen LogP contribution in [-0.4, -0.2) is 28.4 Å². The number of benzene rings is 3. The molecule has 4 aromatic rings. The van der Waals surface area contributed by atoms with Crippen molar-refractivity contribution in [3.63, 3.8) is 0 Å². The molecule has 3 aromatic carbocycles. The minimum Gasteiger partial charge on any atom is -0.504 e. The summed E-state index contributed by atoms with van der Waals surface area (Å²) in [6, 6.07) is 19.9. The number of allylic oxidation sites excluding steroid dienone is 1. The number of methoxy groups -OCH3 is 1. The van der Waals surface area contributed by atoms with Crippen LogP contribution in [0, 0.1) is 0 Å². The monoisotopic (exact) mass is 494 g/mol.